The fraction of sp³-hybridized carbons (Fsp3) is 0.429. The highest BCUT2D eigenvalue weighted by Gasteiger charge is 2.07. The van der Waals surface area contributed by atoms with Crippen LogP contribution in [0.15, 0.2) is 24.7 Å². The lowest BCUT2D eigenvalue weighted by molar-refractivity contribution is 0.722. The first-order valence-electron chi connectivity index (χ1n) is 6.45. The summed E-state index contributed by atoms with van der Waals surface area (Å²) in [5, 5.41) is 3.31. The van der Waals surface area contributed by atoms with E-state index >= 15 is 0 Å². The smallest absolute Gasteiger partial charge is 0.140 e. The molecule has 0 unspecified atom stereocenters. The van der Waals surface area contributed by atoms with Gasteiger partial charge in [0, 0.05) is 31.6 Å². The molecule has 0 saturated heterocycles. The van der Waals surface area contributed by atoms with Crippen LogP contribution in [0.2, 0.25) is 0 Å². The molecule has 18 heavy (non-hydrogen) atoms. The molecule has 96 valence electrons. The van der Waals surface area contributed by atoms with Crippen LogP contribution in [0.1, 0.15) is 30.8 Å². The Bertz CT molecular complexity index is 516. The molecule has 2 aromatic rings. The van der Waals surface area contributed by atoms with Gasteiger partial charge in [-0.2, -0.15) is 0 Å². The first-order valence-corrected chi connectivity index (χ1v) is 6.45. The van der Waals surface area contributed by atoms with E-state index in [4.69, 9.17) is 0 Å². The average Bonchev–Trinajstić information content (AvgIpc) is 2.84. The van der Waals surface area contributed by atoms with Crippen molar-refractivity contribution in [1.29, 1.82) is 0 Å². The second kappa shape index (κ2) is 5.78. The molecule has 2 heterocycles. The van der Waals surface area contributed by atoms with Crippen LogP contribution in [0, 0.1) is 6.92 Å². The summed E-state index contributed by atoms with van der Waals surface area (Å²) in [6.07, 6.45) is 6.64. The van der Waals surface area contributed by atoms with Gasteiger partial charge in [0.1, 0.15) is 11.6 Å². The van der Waals surface area contributed by atoms with Crippen molar-refractivity contribution in [2.24, 2.45) is 0 Å². The Kier molecular flexibility index (Phi) is 4.10. The Hall–Kier alpha value is -1.68. The van der Waals surface area contributed by atoms with Crippen molar-refractivity contribution in [1.82, 2.24) is 19.9 Å². The van der Waals surface area contributed by atoms with E-state index in [1.54, 1.807) is 0 Å². The Morgan fingerprint density at radius 2 is 2.11 bits per heavy atom. The molecule has 0 amide bonds. The number of aryl methyl sites for hydroxylation is 2. The van der Waals surface area contributed by atoms with E-state index in [-0.39, 0.29) is 0 Å². The molecule has 0 atom stereocenters. The van der Waals surface area contributed by atoms with Gasteiger partial charge in [-0.25, -0.2) is 9.97 Å². The molecule has 4 heteroatoms. The van der Waals surface area contributed by atoms with Gasteiger partial charge in [0.2, 0.25) is 0 Å². The normalized spacial score (nSPS) is 10.8. The third-order valence-electron chi connectivity index (χ3n) is 2.95. The number of pyridine rings is 1. The molecule has 2 rings (SSSR count). The Morgan fingerprint density at radius 1 is 1.28 bits per heavy atom. The number of aromatic nitrogens is 3. The van der Waals surface area contributed by atoms with Gasteiger partial charge in [0.15, 0.2) is 0 Å². The topological polar surface area (TPSA) is 42.7 Å². The van der Waals surface area contributed by atoms with E-state index in [0.717, 1.165) is 31.2 Å². The highest BCUT2D eigenvalue weighted by atomic mass is 15.1. The number of rotatable bonds is 5. The van der Waals surface area contributed by atoms with Gasteiger partial charge < -0.3 is 5.32 Å². The Balaban J connectivity index is 2.30. The highest BCUT2D eigenvalue weighted by molar-refractivity contribution is 5.36. The third kappa shape index (κ3) is 2.59. The van der Waals surface area contributed by atoms with E-state index in [1.165, 1.54) is 11.1 Å². The van der Waals surface area contributed by atoms with Crippen molar-refractivity contribution < 1.29 is 0 Å². The monoisotopic (exact) mass is 244 g/mol. The molecule has 0 aliphatic carbocycles. The predicted octanol–water partition coefficient (Wildman–Crippen LogP) is 2.25. The van der Waals surface area contributed by atoms with Crippen LogP contribution in [0.3, 0.4) is 0 Å². The first kappa shape index (κ1) is 12.8. The highest BCUT2D eigenvalue weighted by Crippen LogP contribution is 2.14. The molecule has 4 nitrogen and oxygen atoms in total. The van der Waals surface area contributed by atoms with Crippen LogP contribution >= 0.6 is 0 Å². The van der Waals surface area contributed by atoms with Crippen LogP contribution < -0.4 is 5.32 Å². The molecule has 1 N–H and O–H groups in total. The fourth-order valence-electron chi connectivity index (χ4n) is 2.03. The van der Waals surface area contributed by atoms with E-state index in [1.807, 2.05) is 18.6 Å². The molecule has 0 fully saturated rings. The summed E-state index contributed by atoms with van der Waals surface area (Å²) in [6, 6.07) is 2.18. The number of nitrogens with zero attached hydrogens (tertiary/aromatic N) is 3. The lowest BCUT2D eigenvalue weighted by atomic mass is 10.2. The molecule has 0 saturated carbocycles. The van der Waals surface area contributed by atoms with E-state index in [2.05, 4.69) is 46.7 Å². The van der Waals surface area contributed by atoms with E-state index in [0.29, 0.717) is 0 Å². The predicted molar refractivity (Wildman–Crippen MR) is 72.9 cm³/mol. The summed E-state index contributed by atoms with van der Waals surface area (Å²) in [5.74, 6) is 2.02. The summed E-state index contributed by atoms with van der Waals surface area (Å²) in [6.45, 7) is 8.15. The van der Waals surface area contributed by atoms with Crippen LogP contribution in [-0.2, 0) is 13.0 Å². The SMILES string of the molecule is CCNCc1cnc(-n2ccnc2CC)c(C)c1. The van der Waals surface area contributed by atoms with Crippen molar-refractivity contribution >= 4 is 0 Å². The molecule has 0 aliphatic rings. The maximum absolute atomic E-state index is 4.57. The van der Waals surface area contributed by atoms with Crippen LogP contribution in [0.5, 0.6) is 0 Å². The molecule has 0 radical (unpaired) electrons. The van der Waals surface area contributed by atoms with E-state index < -0.39 is 0 Å². The summed E-state index contributed by atoms with van der Waals surface area (Å²) < 4.78 is 2.06. The molecule has 0 aromatic carbocycles. The van der Waals surface area contributed by atoms with Crippen LogP contribution in [-0.4, -0.2) is 21.1 Å². The lowest BCUT2D eigenvalue weighted by Crippen LogP contribution is -2.13. The van der Waals surface area contributed by atoms with Crippen molar-refractivity contribution in [3.8, 4) is 5.82 Å². The molecular formula is C14H20N4. The largest absolute Gasteiger partial charge is 0.313 e. The molecule has 0 bridgehead atoms. The lowest BCUT2D eigenvalue weighted by Gasteiger charge is -2.10. The second-order valence-electron chi connectivity index (χ2n) is 4.33. The summed E-state index contributed by atoms with van der Waals surface area (Å²) in [5.41, 5.74) is 2.40. The van der Waals surface area contributed by atoms with Gasteiger partial charge in [-0.1, -0.05) is 13.8 Å². The maximum Gasteiger partial charge on any atom is 0.140 e. The van der Waals surface area contributed by atoms with Crippen LogP contribution in [0.25, 0.3) is 5.82 Å². The summed E-state index contributed by atoms with van der Waals surface area (Å²) in [7, 11) is 0. The van der Waals surface area contributed by atoms with Crippen molar-refractivity contribution in [2.45, 2.75) is 33.7 Å². The zero-order valence-corrected chi connectivity index (χ0v) is 11.3. The van der Waals surface area contributed by atoms with Crippen LogP contribution in [0.4, 0.5) is 0 Å². The quantitative estimate of drug-likeness (QED) is 0.877. The van der Waals surface area contributed by atoms with E-state index in [9.17, 15) is 0 Å². The zero-order chi connectivity index (χ0) is 13.0. The average molecular weight is 244 g/mol. The number of imidazole rings is 1. The summed E-state index contributed by atoms with van der Waals surface area (Å²) >= 11 is 0. The fourth-order valence-corrected chi connectivity index (χ4v) is 2.03. The first-order chi connectivity index (χ1) is 8.76. The maximum atomic E-state index is 4.57. The Labute approximate surface area is 108 Å². The molecule has 2 aromatic heterocycles. The van der Waals surface area contributed by atoms with Gasteiger partial charge in [-0.15, -0.1) is 0 Å². The minimum absolute atomic E-state index is 0.870. The Morgan fingerprint density at radius 3 is 2.78 bits per heavy atom. The minimum Gasteiger partial charge on any atom is -0.313 e. The number of hydrogen-bond donors (Lipinski definition) is 1. The van der Waals surface area contributed by atoms with Gasteiger partial charge >= 0.3 is 0 Å². The number of nitrogens with one attached hydrogen (secondary N) is 1. The summed E-state index contributed by atoms with van der Waals surface area (Å²) in [4.78, 5) is 8.90. The molecular weight excluding hydrogens is 224 g/mol. The van der Waals surface area contributed by atoms with Gasteiger partial charge in [0.05, 0.1) is 0 Å². The van der Waals surface area contributed by atoms with Gasteiger partial charge in [0.25, 0.3) is 0 Å². The van der Waals surface area contributed by atoms with Gasteiger partial charge in [-0.05, 0) is 30.7 Å². The number of hydrogen-bond acceptors (Lipinski definition) is 3. The standard InChI is InChI=1S/C14H20N4/c1-4-13-16-6-7-18(13)14-11(3)8-12(10-17-14)9-15-5-2/h6-8,10,15H,4-5,9H2,1-3H3. The van der Waals surface area contributed by atoms with Crippen molar-refractivity contribution in [3.63, 3.8) is 0 Å². The van der Waals surface area contributed by atoms with Crippen molar-refractivity contribution in [3.05, 3.63) is 41.6 Å². The zero-order valence-electron chi connectivity index (χ0n) is 11.3. The molecule has 0 aliphatic heterocycles. The van der Waals surface area contributed by atoms with Crippen molar-refractivity contribution in [2.75, 3.05) is 6.54 Å². The molecule has 0 spiro atoms. The minimum atomic E-state index is 0.870. The van der Waals surface area contributed by atoms with Gasteiger partial charge in [-0.3, -0.25) is 4.57 Å². The third-order valence-corrected chi connectivity index (χ3v) is 2.95. The second-order valence-corrected chi connectivity index (χ2v) is 4.33.